The summed E-state index contributed by atoms with van der Waals surface area (Å²) in [5.74, 6) is 0. The fraction of sp³-hybridized carbons (Fsp3) is 0.667. The van der Waals surface area contributed by atoms with Crippen LogP contribution in [0, 0.1) is 0 Å². The largest absolute Gasteiger partial charge is 0.370 e. The third-order valence-electron chi connectivity index (χ3n) is 2.59. The van der Waals surface area contributed by atoms with Crippen LogP contribution in [0.3, 0.4) is 0 Å². The first kappa shape index (κ1) is 12.3. The quantitative estimate of drug-likeness (QED) is 0.588. The third kappa shape index (κ3) is 3.25. The van der Waals surface area contributed by atoms with Gasteiger partial charge < -0.3 is 4.90 Å². The Hall–Kier alpha value is -0.720. The molecule has 0 unspecified atom stereocenters. The minimum Gasteiger partial charge on any atom is -0.370 e. The lowest BCUT2D eigenvalue weighted by Gasteiger charge is -2.36. The van der Waals surface area contributed by atoms with Gasteiger partial charge in [0, 0.05) is 18.3 Å². The Morgan fingerprint density at radius 2 is 1.46 bits per heavy atom. The van der Waals surface area contributed by atoms with Gasteiger partial charge in [-0.15, -0.1) is 0 Å². The molecule has 0 amide bonds. The average molecular weight is 181 g/mol. The maximum Gasteiger partial charge on any atom is 0.0323 e. The Labute approximate surface area is 83.1 Å². The summed E-state index contributed by atoms with van der Waals surface area (Å²) >= 11 is 0. The summed E-state index contributed by atoms with van der Waals surface area (Å²) in [4.78, 5) is 2.22. The minimum absolute atomic E-state index is 0.147. The van der Waals surface area contributed by atoms with Crippen molar-refractivity contribution in [1.29, 1.82) is 0 Å². The van der Waals surface area contributed by atoms with Crippen molar-refractivity contribution >= 4 is 0 Å². The van der Waals surface area contributed by atoms with Gasteiger partial charge in [0.1, 0.15) is 0 Å². The first-order valence-corrected chi connectivity index (χ1v) is 4.75. The predicted octanol–water partition coefficient (Wildman–Crippen LogP) is 3.59. The first-order valence-electron chi connectivity index (χ1n) is 4.75. The van der Waals surface area contributed by atoms with E-state index in [2.05, 4.69) is 60.1 Å². The van der Waals surface area contributed by atoms with E-state index in [1.54, 1.807) is 0 Å². The number of likely N-dealkylation sites (N-methyl/N-ethyl adjacent to an activating group) is 1. The van der Waals surface area contributed by atoms with Gasteiger partial charge in [-0.3, -0.25) is 0 Å². The molecule has 0 aliphatic rings. The van der Waals surface area contributed by atoms with Crippen molar-refractivity contribution in [2.45, 2.75) is 47.1 Å². The van der Waals surface area contributed by atoms with Crippen molar-refractivity contribution in [3.63, 3.8) is 0 Å². The highest BCUT2D eigenvalue weighted by Crippen LogP contribution is 2.22. The second-order valence-electron chi connectivity index (χ2n) is 4.80. The van der Waals surface area contributed by atoms with Crippen LogP contribution < -0.4 is 0 Å². The molecule has 0 aromatic rings. The summed E-state index contributed by atoms with van der Waals surface area (Å²) in [6.07, 6.45) is 0. The van der Waals surface area contributed by atoms with E-state index in [4.69, 9.17) is 0 Å². The molecule has 1 heteroatoms. The van der Waals surface area contributed by atoms with Gasteiger partial charge in [-0.05, 0) is 47.1 Å². The minimum atomic E-state index is 0.147. The Balaban J connectivity index is 4.74. The molecular formula is C12H23N. The van der Waals surface area contributed by atoms with Gasteiger partial charge in [-0.25, -0.2) is 0 Å². The normalized spacial score (nSPS) is 11.0. The lowest BCUT2D eigenvalue weighted by atomic mass is 10.0. The monoisotopic (exact) mass is 181 g/mol. The number of nitrogens with zero attached hydrogens (tertiary/aromatic N) is 1. The molecule has 0 aromatic carbocycles. The number of hydrogen-bond donors (Lipinski definition) is 0. The number of hydrogen-bond acceptors (Lipinski definition) is 1. The number of rotatable bonds is 2. The highest BCUT2D eigenvalue weighted by molar-refractivity contribution is 5.29. The Morgan fingerprint density at radius 1 is 1.08 bits per heavy atom. The SMILES string of the molecule is C=C(C(C)=C(C)C)N(C)C(C)(C)C. The van der Waals surface area contributed by atoms with Crippen LogP contribution in [0.5, 0.6) is 0 Å². The summed E-state index contributed by atoms with van der Waals surface area (Å²) in [7, 11) is 2.09. The van der Waals surface area contributed by atoms with E-state index in [-0.39, 0.29) is 5.54 Å². The maximum absolute atomic E-state index is 4.11. The molecule has 0 aliphatic heterocycles. The van der Waals surface area contributed by atoms with E-state index >= 15 is 0 Å². The zero-order valence-electron chi connectivity index (χ0n) is 10.2. The molecule has 0 atom stereocenters. The van der Waals surface area contributed by atoms with Crippen LogP contribution >= 0.6 is 0 Å². The van der Waals surface area contributed by atoms with Crippen LogP contribution in [0.15, 0.2) is 23.4 Å². The van der Waals surface area contributed by atoms with Crippen molar-refractivity contribution < 1.29 is 0 Å². The van der Waals surface area contributed by atoms with Crippen LogP contribution in [0.2, 0.25) is 0 Å². The van der Waals surface area contributed by atoms with Gasteiger partial charge >= 0.3 is 0 Å². The van der Waals surface area contributed by atoms with E-state index in [9.17, 15) is 0 Å². The molecule has 0 bridgehead atoms. The van der Waals surface area contributed by atoms with Gasteiger partial charge in [-0.1, -0.05) is 12.2 Å². The summed E-state index contributed by atoms with van der Waals surface area (Å²) in [5.41, 5.74) is 3.89. The van der Waals surface area contributed by atoms with Gasteiger partial charge in [-0.2, -0.15) is 0 Å². The Morgan fingerprint density at radius 3 is 1.69 bits per heavy atom. The summed E-state index contributed by atoms with van der Waals surface area (Å²) in [6.45, 7) is 17.1. The standard InChI is InChI=1S/C12H23N/c1-9(2)10(3)11(4)13(8)12(5,6)7/h4H2,1-3,5-8H3. The maximum atomic E-state index is 4.11. The van der Waals surface area contributed by atoms with Crippen LogP contribution in [-0.4, -0.2) is 17.5 Å². The molecule has 0 saturated heterocycles. The van der Waals surface area contributed by atoms with Crippen LogP contribution in [0.4, 0.5) is 0 Å². The second-order valence-corrected chi connectivity index (χ2v) is 4.80. The molecular weight excluding hydrogens is 158 g/mol. The molecule has 0 heterocycles. The van der Waals surface area contributed by atoms with Crippen LogP contribution in [0.25, 0.3) is 0 Å². The average Bonchev–Trinajstić information content (AvgIpc) is 1.98. The summed E-state index contributed by atoms with van der Waals surface area (Å²) < 4.78 is 0. The molecule has 0 aromatic heterocycles. The zero-order chi connectivity index (χ0) is 10.8. The zero-order valence-corrected chi connectivity index (χ0v) is 10.2. The Kier molecular flexibility index (Phi) is 3.77. The molecule has 76 valence electrons. The van der Waals surface area contributed by atoms with Crippen molar-refractivity contribution in [2.24, 2.45) is 0 Å². The second kappa shape index (κ2) is 3.99. The van der Waals surface area contributed by atoms with E-state index in [0.29, 0.717) is 0 Å². The molecule has 0 spiro atoms. The molecule has 13 heavy (non-hydrogen) atoms. The third-order valence-corrected chi connectivity index (χ3v) is 2.59. The van der Waals surface area contributed by atoms with E-state index in [1.807, 2.05) is 0 Å². The van der Waals surface area contributed by atoms with Crippen LogP contribution in [-0.2, 0) is 0 Å². The van der Waals surface area contributed by atoms with E-state index in [0.717, 1.165) is 5.70 Å². The van der Waals surface area contributed by atoms with Crippen molar-refractivity contribution in [2.75, 3.05) is 7.05 Å². The Bertz CT molecular complexity index is 224. The lowest BCUT2D eigenvalue weighted by molar-refractivity contribution is 0.232. The molecule has 0 radical (unpaired) electrons. The molecule has 0 rings (SSSR count). The molecule has 0 fully saturated rings. The van der Waals surface area contributed by atoms with Crippen molar-refractivity contribution in [3.8, 4) is 0 Å². The lowest BCUT2D eigenvalue weighted by Crippen LogP contribution is -2.37. The summed E-state index contributed by atoms with van der Waals surface area (Å²) in [5, 5.41) is 0. The van der Waals surface area contributed by atoms with Gasteiger partial charge in [0.2, 0.25) is 0 Å². The van der Waals surface area contributed by atoms with Gasteiger partial charge in [0.25, 0.3) is 0 Å². The van der Waals surface area contributed by atoms with E-state index < -0.39 is 0 Å². The van der Waals surface area contributed by atoms with Crippen molar-refractivity contribution in [1.82, 2.24) is 4.90 Å². The molecule has 0 aliphatic carbocycles. The summed E-state index contributed by atoms with van der Waals surface area (Å²) in [6, 6.07) is 0. The van der Waals surface area contributed by atoms with Crippen LogP contribution in [0.1, 0.15) is 41.5 Å². The highest BCUT2D eigenvalue weighted by Gasteiger charge is 2.18. The molecule has 1 nitrogen and oxygen atoms in total. The van der Waals surface area contributed by atoms with E-state index in [1.165, 1.54) is 11.1 Å². The van der Waals surface area contributed by atoms with Crippen molar-refractivity contribution in [3.05, 3.63) is 23.4 Å². The number of allylic oxidation sites excluding steroid dienone is 2. The predicted molar refractivity (Wildman–Crippen MR) is 60.7 cm³/mol. The molecule has 0 N–H and O–H groups in total. The smallest absolute Gasteiger partial charge is 0.0323 e. The van der Waals surface area contributed by atoms with Gasteiger partial charge in [0.05, 0.1) is 0 Å². The topological polar surface area (TPSA) is 3.24 Å². The first-order chi connectivity index (χ1) is 5.68. The fourth-order valence-electron chi connectivity index (χ4n) is 0.945. The van der Waals surface area contributed by atoms with Gasteiger partial charge in [0.15, 0.2) is 0 Å². The fourth-order valence-corrected chi connectivity index (χ4v) is 0.945. The highest BCUT2D eigenvalue weighted by atomic mass is 15.2. The molecule has 0 saturated carbocycles.